The van der Waals surface area contributed by atoms with Gasteiger partial charge in [0.1, 0.15) is 11.6 Å². The Labute approximate surface area is 206 Å². The highest BCUT2D eigenvalue weighted by Gasteiger charge is 2.24. The summed E-state index contributed by atoms with van der Waals surface area (Å²) in [6.45, 7) is 10.6. The molecule has 0 spiro atoms. The smallest absolute Gasteiger partial charge is 0.317 e. The number of amidine groups is 1. The number of fused-ring (bicyclic) bond motifs is 1. The van der Waals surface area contributed by atoms with Crippen molar-refractivity contribution in [3.63, 3.8) is 0 Å². The summed E-state index contributed by atoms with van der Waals surface area (Å²) in [7, 11) is 1.51. The van der Waals surface area contributed by atoms with Crippen LogP contribution in [0, 0.1) is 5.41 Å². The van der Waals surface area contributed by atoms with Gasteiger partial charge in [0, 0.05) is 25.3 Å². The van der Waals surface area contributed by atoms with E-state index in [-0.39, 0.29) is 30.4 Å². The van der Waals surface area contributed by atoms with Crippen LogP contribution >= 0.6 is 0 Å². The molecule has 1 aromatic rings. The second kappa shape index (κ2) is 12.7. The lowest BCUT2D eigenvalue weighted by Crippen LogP contribution is -2.45. The Morgan fingerprint density at radius 3 is 2.74 bits per heavy atom. The molecule has 35 heavy (non-hydrogen) atoms. The molecule has 1 aliphatic rings. The van der Waals surface area contributed by atoms with Crippen molar-refractivity contribution in [1.29, 1.82) is 5.41 Å². The van der Waals surface area contributed by atoms with Crippen LogP contribution in [0.15, 0.2) is 48.2 Å². The molecule has 0 saturated heterocycles. The van der Waals surface area contributed by atoms with E-state index in [0.29, 0.717) is 48.6 Å². The van der Waals surface area contributed by atoms with Crippen molar-refractivity contribution in [3.8, 4) is 5.75 Å². The number of rotatable bonds is 9. The number of benzene rings is 1. The predicted molar refractivity (Wildman–Crippen MR) is 136 cm³/mol. The van der Waals surface area contributed by atoms with Gasteiger partial charge in [-0.15, -0.1) is 0 Å². The minimum absolute atomic E-state index is 0.0753. The molecule has 0 aliphatic carbocycles. The zero-order valence-corrected chi connectivity index (χ0v) is 20.9. The van der Waals surface area contributed by atoms with Crippen LogP contribution in [0.4, 0.5) is 4.79 Å². The van der Waals surface area contributed by atoms with Gasteiger partial charge in [0.25, 0.3) is 5.91 Å². The third-order valence-corrected chi connectivity index (χ3v) is 5.68. The molecule has 1 unspecified atom stereocenters. The third-order valence-electron chi connectivity index (χ3n) is 5.68. The molecule has 190 valence electrons. The number of hydrogen-bond donors (Lipinski definition) is 5. The maximum absolute atomic E-state index is 13.0. The van der Waals surface area contributed by atoms with E-state index in [4.69, 9.17) is 16.0 Å². The molecule has 6 N–H and O–H groups in total. The first-order valence-corrected chi connectivity index (χ1v) is 11.4. The van der Waals surface area contributed by atoms with E-state index in [1.54, 1.807) is 43.0 Å². The number of allylic oxidation sites excluding steroid dienone is 3. The number of ether oxygens (including phenoxy) is 1. The van der Waals surface area contributed by atoms with Crippen molar-refractivity contribution in [3.05, 3.63) is 64.9 Å². The minimum Gasteiger partial charge on any atom is -0.496 e. The number of aliphatic hydroxyl groups is 1. The average Bonchev–Trinajstić information content (AvgIpc) is 2.85. The topological polar surface area (TPSA) is 144 Å². The summed E-state index contributed by atoms with van der Waals surface area (Å²) in [5.41, 5.74) is 3.22. The number of aliphatic hydroxyl groups excluding tert-OH is 1. The maximum Gasteiger partial charge on any atom is 0.317 e. The molecular weight excluding hydrogens is 448 g/mol. The standard InChI is InChI=1S/C25H36N6O4/c1-6-28-25(34)30-11-10-19-13-22(35-5)21(12-20(19)14-30)24(33)29-17(3)9-7-8-16(2)23(26)31(27)18(4)15-32/h7-9,12-13,18,26,32H,3,6,10-11,14-15,27H2,1-2,4-5H3,(H,28,34)(H,29,33)/b9-7-,16-8+,26-23?. The molecular formula is C25H36N6O4. The Bertz CT molecular complexity index is 1030. The van der Waals surface area contributed by atoms with Crippen molar-refractivity contribution in [2.45, 2.75) is 39.8 Å². The number of nitrogens with one attached hydrogen (secondary N) is 3. The highest BCUT2D eigenvalue weighted by Crippen LogP contribution is 2.28. The number of hydrazine groups is 1. The molecule has 0 radical (unpaired) electrons. The van der Waals surface area contributed by atoms with E-state index in [1.807, 2.05) is 13.0 Å². The Balaban J connectivity index is 2.10. The first-order chi connectivity index (χ1) is 16.6. The number of nitrogens with zero attached hydrogens (tertiary/aromatic N) is 2. The van der Waals surface area contributed by atoms with Gasteiger partial charge in [0.2, 0.25) is 0 Å². The van der Waals surface area contributed by atoms with E-state index >= 15 is 0 Å². The van der Waals surface area contributed by atoms with Crippen LogP contribution in [0.5, 0.6) is 5.75 Å². The highest BCUT2D eigenvalue weighted by molar-refractivity contribution is 5.98. The molecule has 1 aromatic carbocycles. The molecule has 10 heteroatoms. The zero-order valence-electron chi connectivity index (χ0n) is 20.9. The quantitative estimate of drug-likeness (QED) is 0.119. The van der Waals surface area contributed by atoms with Gasteiger partial charge in [-0.3, -0.25) is 15.2 Å². The summed E-state index contributed by atoms with van der Waals surface area (Å²) in [5, 5.41) is 24.0. The number of hydrogen-bond acceptors (Lipinski definition) is 6. The highest BCUT2D eigenvalue weighted by atomic mass is 16.5. The van der Waals surface area contributed by atoms with E-state index in [2.05, 4.69) is 17.2 Å². The Morgan fingerprint density at radius 2 is 2.11 bits per heavy atom. The van der Waals surface area contributed by atoms with Gasteiger partial charge < -0.3 is 25.4 Å². The van der Waals surface area contributed by atoms with Crippen molar-refractivity contribution < 1.29 is 19.4 Å². The first-order valence-electron chi connectivity index (χ1n) is 11.4. The molecule has 1 heterocycles. The molecule has 2 rings (SSSR count). The summed E-state index contributed by atoms with van der Waals surface area (Å²) in [6.07, 6.45) is 5.60. The van der Waals surface area contributed by atoms with Gasteiger partial charge in [-0.25, -0.2) is 10.6 Å². The molecule has 0 aromatic heterocycles. The van der Waals surface area contributed by atoms with Crippen LogP contribution in [0.25, 0.3) is 0 Å². The van der Waals surface area contributed by atoms with E-state index in [1.165, 1.54) is 12.1 Å². The van der Waals surface area contributed by atoms with E-state index in [0.717, 1.165) is 11.1 Å². The van der Waals surface area contributed by atoms with Crippen LogP contribution in [-0.4, -0.2) is 65.6 Å². The number of carbonyl (C=O) groups excluding carboxylic acids is 2. The molecule has 1 atom stereocenters. The van der Waals surface area contributed by atoms with Crippen LogP contribution in [0.3, 0.4) is 0 Å². The monoisotopic (exact) mass is 484 g/mol. The third kappa shape index (κ3) is 7.17. The number of methoxy groups -OCH3 is 1. The second-order valence-electron chi connectivity index (χ2n) is 8.30. The van der Waals surface area contributed by atoms with Gasteiger partial charge in [-0.2, -0.15) is 0 Å². The first kappa shape index (κ1) is 27.6. The van der Waals surface area contributed by atoms with Crippen molar-refractivity contribution in [1.82, 2.24) is 20.5 Å². The maximum atomic E-state index is 13.0. The van der Waals surface area contributed by atoms with Crippen LogP contribution in [0.2, 0.25) is 0 Å². The fourth-order valence-electron chi connectivity index (χ4n) is 3.52. The van der Waals surface area contributed by atoms with Crippen molar-refractivity contribution in [2.24, 2.45) is 5.84 Å². The Kier molecular flexibility index (Phi) is 10.0. The van der Waals surface area contributed by atoms with E-state index < -0.39 is 0 Å². The second-order valence-corrected chi connectivity index (χ2v) is 8.30. The molecule has 10 nitrogen and oxygen atoms in total. The summed E-state index contributed by atoms with van der Waals surface area (Å²) < 4.78 is 5.45. The summed E-state index contributed by atoms with van der Waals surface area (Å²) >= 11 is 0. The molecule has 1 aliphatic heterocycles. The van der Waals surface area contributed by atoms with Gasteiger partial charge in [0.15, 0.2) is 0 Å². The lowest BCUT2D eigenvalue weighted by atomic mass is 9.96. The number of urea groups is 1. The molecule has 3 amide bonds. The van der Waals surface area contributed by atoms with Crippen LogP contribution in [0.1, 0.15) is 42.3 Å². The van der Waals surface area contributed by atoms with Crippen LogP contribution in [-0.2, 0) is 13.0 Å². The fraction of sp³-hybridized carbons (Fsp3) is 0.400. The summed E-state index contributed by atoms with van der Waals surface area (Å²) in [5.74, 6) is 5.97. The largest absolute Gasteiger partial charge is 0.496 e. The van der Waals surface area contributed by atoms with Gasteiger partial charge >= 0.3 is 6.03 Å². The van der Waals surface area contributed by atoms with E-state index in [9.17, 15) is 14.7 Å². The van der Waals surface area contributed by atoms with Crippen molar-refractivity contribution in [2.75, 3.05) is 26.8 Å². The lowest BCUT2D eigenvalue weighted by Gasteiger charge is -2.29. The minimum atomic E-state index is -0.385. The number of nitrogens with two attached hydrogens (primary N) is 1. The van der Waals surface area contributed by atoms with Gasteiger partial charge in [-0.05, 0) is 62.1 Å². The average molecular weight is 485 g/mol. The van der Waals surface area contributed by atoms with Gasteiger partial charge in [0.05, 0.1) is 25.3 Å². The predicted octanol–water partition coefficient (Wildman–Crippen LogP) is 2.06. The van der Waals surface area contributed by atoms with Crippen LogP contribution < -0.4 is 21.2 Å². The normalized spacial score (nSPS) is 14.2. The summed E-state index contributed by atoms with van der Waals surface area (Å²) in [4.78, 5) is 26.9. The molecule has 0 fully saturated rings. The SMILES string of the molecule is C=C(/C=C\C=C(/C)C(=N)N(N)C(C)CO)NC(=O)c1cc2c(cc1OC)CCN(C(=O)NCC)C2. The summed E-state index contributed by atoms with van der Waals surface area (Å²) in [6, 6.07) is 3.10. The zero-order chi connectivity index (χ0) is 26.1. The van der Waals surface area contributed by atoms with Gasteiger partial charge in [-0.1, -0.05) is 18.7 Å². The molecule has 0 saturated carbocycles. The number of carbonyl (C=O) groups is 2. The number of amides is 3. The Hall–Kier alpha value is -3.63. The molecule has 0 bridgehead atoms. The van der Waals surface area contributed by atoms with Crippen molar-refractivity contribution >= 4 is 17.8 Å². The fourth-order valence-corrected chi connectivity index (χ4v) is 3.52. The lowest BCUT2D eigenvalue weighted by molar-refractivity contribution is 0.0964. The Morgan fingerprint density at radius 1 is 1.40 bits per heavy atom.